The number of aromatic amines is 1. The maximum Gasteiger partial charge on any atom is 0.239 e. The fourth-order valence-electron chi connectivity index (χ4n) is 3.33. The Bertz CT molecular complexity index is 692. The molecular formula is C21H34ClN3O2. The number of benzene rings is 1. The van der Waals surface area contributed by atoms with E-state index in [0.717, 1.165) is 68.1 Å². The summed E-state index contributed by atoms with van der Waals surface area (Å²) in [4.78, 5) is 18.0. The Morgan fingerprint density at radius 1 is 1.15 bits per heavy atom. The van der Waals surface area contributed by atoms with Gasteiger partial charge < -0.3 is 20.7 Å². The van der Waals surface area contributed by atoms with Crippen LogP contribution in [0.2, 0.25) is 0 Å². The molecular weight excluding hydrogens is 362 g/mol. The summed E-state index contributed by atoms with van der Waals surface area (Å²) in [7, 11) is 0. The molecule has 1 heterocycles. The standard InChI is InChI=1S/C21H33N3O2.ClH/c1-3-5-7-11-24(12-8-6-4-2)21(26)19(22)13-16-15-23-20-10-9-17(25)14-18(16)20;/h9-10,14-15,19,23,25H,3-8,11-13,22H2,1-2H3;1H. The number of phenols is 1. The Hall–Kier alpha value is -1.72. The van der Waals surface area contributed by atoms with E-state index < -0.39 is 6.04 Å². The highest BCUT2D eigenvalue weighted by Gasteiger charge is 2.22. The molecule has 0 saturated carbocycles. The average Bonchev–Trinajstić information content (AvgIpc) is 3.02. The number of carbonyl (C=O) groups excluding carboxylic acids is 1. The number of carbonyl (C=O) groups is 1. The van der Waals surface area contributed by atoms with E-state index in [1.165, 1.54) is 0 Å². The van der Waals surface area contributed by atoms with Crippen LogP contribution in [-0.4, -0.2) is 40.0 Å². The summed E-state index contributed by atoms with van der Waals surface area (Å²) >= 11 is 0. The monoisotopic (exact) mass is 395 g/mol. The lowest BCUT2D eigenvalue weighted by Crippen LogP contribution is -2.45. The quantitative estimate of drug-likeness (QED) is 0.494. The molecule has 1 aromatic carbocycles. The molecule has 0 spiro atoms. The number of rotatable bonds is 11. The van der Waals surface area contributed by atoms with Crippen LogP contribution in [0.4, 0.5) is 0 Å². The smallest absolute Gasteiger partial charge is 0.239 e. The van der Waals surface area contributed by atoms with Crippen LogP contribution in [0.5, 0.6) is 5.75 Å². The first-order valence-corrected chi connectivity index (χ1v) is 9.90. The molecule has 0 bridgehead atoms. The number of phenolic OH excluding ortho intramolecular Hbond substituents is 1. The van der Waals surface area contributed by atoms with Crippen molar-refractivity contribution in [3.05, 3.63) is 30.0 Å². The third-order valence-electron chi connectivity index (χ3n) is 4.88. The molecule has 1 amide bonds. The number of fused-ring (bicyclic) bond motifs is 1. The number of hydrogen-bond acceptors (Lipinski definition) is 3. The number of unbranched alkanes of at least 4 members (excludes halogenated alkanes) is 4. The van der Waals surface area contributed by atoms with Crippen molar-refractivity contribution in [3.8, 4) is 5.75 Å². The molecule has 0 aliphatic carbocycles. The van der Waals surface area contributed by atoms with Crippen molar-refractivity contribution in [1.82, 2.24) is 9.88 Å². The summed E-state index contributed by atoms with van der Waals surface area (Å²) in [6.45, 7) is 5.92. The largest absolute Gasteiger partial charge is 0.508 e. The van der Waals surface area contributed by atoms with E-state index in [4.69, 9.17) is 5.73 Å². The number of nitrogens with one attached hydrogen (secondary N) is 1. The molecule has 0 radical (unpaired) electrons. The van der Waals surface area contributed by atoms with E-state index in [-0.39, 0.29) is 24.1 Å². The third-order valence-corrected chi connectivity index (χ3v) is 4.88. The van der Waals surface area contributed by atoms with Gasteiger partial charge in [-0.1, -0.05) is 39.5 Å². The summed E-state index contributed by atoms with van der Waals surface area (Å²) in [5.41, 5.74) is 8.20. The molecule has 6 heteroatoms. The molecule has 1 atom stereocenters. The maximum atomic E-state index is 12.9. The predicted octanol–water partition coefficient (Wildman–Crippen LogP) is 4.37. The van der Waals surface area contributed by atoms with Gasteiger partial charge in [-0.2, -0.15) is 0 Å². The van der Waals surface area contributed by atoms with Gasteiger partial charge in [0.1, 0.15) is 5.75 Å². The van der Waals surface area contributed by atoms with Gasteiger partial charge in [-0.3, -0.25) is 4.79 Å². The molecule has 2 rings (SSSR count). The molecule has 0 aliphatic heterocycles. The highest BCUT2D eigenvalue weighted by Crippen LogP contribution is 2.24. The number of H-pyrrole nitrogens is 1. The van der Waals surface area contributed by atoms with E-state index >= 15 is 0 Å². The lowest BCUT2D eigenvalue weighted by Gasteiger charge is -2.26. The number of amides is 1. The first-order valence-electron chi connectivity index (χ1n) is 9.90. The summed E-state index contributed by atoms with van der Waals surface area (Å²) in [6.07, 6.45) is 8.97. The van der Waals surface area contributed by atoms with Gasteiger partial charge in [0.25, 0.3) is 0 Å². The van der Waals surface area contributed by atoms with Gasteiger partial charge in [0.05, 0.1) is 6.04 Å². The van der Waals surface area contributed by atoms with E-state index in [9.17, 15) is 9.90 Å². The van der Waals surface area contributed by atoms with Crippen molar-refractivity contribution in [2.45, 2.75) is 64.8 Å². The van der Waals surface area contributed by atoms with Gasteiger partial charge >= 0.3 is 0 Å². The first kappa shape index (κ1) is 23.3. The van der Waals surface area contributed by atoms with Crippen LogP contribution in [0.3, 0.4) is 0 Å². The Morgan fingerprint density at radius 2 is 1.78 bits per heavy atom. The molecule has 2 aromatic rings. The summed E-state index contributed by atoms with van der Waals surface area (Å²) in [5.74, 6) is 0.255. The number of nitrogens with zero attached hydrogens (tertiary/aromatic N) is 1. The van der Waals surface area contributed by atoms with Crippen molar-refractivity contribution in [1.29, 1.82) is 0 Å². The Labute approximate surface area is 168 Å². The lowest BCUT2D eigenvalue weighted by molar-refractivity contribution is -0.132. The Balaban J connectivity index is 0.00000364. The number of nitrogens with two attached hydrogens (primary N) is 1. The molecule has 0 aliphatic rings. The van der Waals surface area contributed by atoms with Crippen molar-refractivity contribution in [3.63, 3.8) is 0 Å². The van der Waals surface area contributed by atoms with E-state index in [2.05, 4.69) is 18.8 Å². The SMILES string of the molecule is CCCCCN(CCCCC)C(=O)C(N)Cc1c[nH]c2ccc(O)cc12.Cl. The van der Waals surface area contributed by atoms with Gasteiger partial charge in [-0.15, -0.1) is 12.4 Å². The second-order valence-corrected chi connectivity index (χ2v) is 7.09. The van der Waals surface area contributed by atoms with Crippen molar-refractivity contribution >= 4 is 29.2 Å². The van der Waals surface area contributed by atoms with Gasteiger partial charge in [0.15, 0.2) is 0 Å². The molecule has 5 nitrogen and oxygen atoms in total. The maximum absolute atomic E-state index is 12.9. The van der Waals surface area contributed by atoms with Crippen molar-refractivity contribution in [2.75, 3.05) is 13.1 Å². The zero-order valence-corrected chi connectivity index (χ0v) is 17.4. The lowest BCUT2D eigenvalue weighted by atomic mass is 10.0. The fraction of sp³-hybridized carbons (Fsp3) is 0.571. The van der Waals surface area contributed by atoms with Crippen molar-refractivity contribution in [2.24, 2.45) is 5.73 Å². The normalized spacial score (nSPS) is 12.0. The molecule has 0 saturated heterocycles. The Kier molecular flexibility index (Phi) is 10.3. The number of aromatic hydroxyl groups is 1. The van der Waals surface area contributed by atoms with Crippen LogP contribution >= 0.6 is 12.4 Å². The zero-order chi connectivity index (χ0) is 18.9. The molecule has 1 unspecified atom stereocenters. The minimum absolute atomic E-state index is 0. The summed E-state index contributed by atoms with van der Waals surface area (Å²) < 4.78 is 0. The van der Waals surface area contributed by atoms with Gasteiger partial charge in [0.2, 0.25) is 5.91 Å². The van der Waals surface area contributed by atoms with E-state index in [1.807, 2.05) is 17.2 Å². The number of hydrogen-bond donors (Lipinski definition) is 3. The summed E-state index contributed by atoms with van der Waals surface area (Å²) in [5, 5.41) is 10.7. The molecule has 0 fully saturated rings. The van der Waals surface area contributed by atoms with Crippen LogP contribution in [0.1, 0.15) is 57.9 Å². The highest BCUT2D eigenvalue weighted by molar-refractivity contribution is 5.87. The van der Waals surface area contributed by atoms with Crippen LogP contribution in [0, 0.1) is 0 Å². The molecule has 152 valence electrons. The second-order valence-electron chi connectivity index (χ2n) is 7.09. The minimum atomic E-state index is -0.556. The number of aromatic nitrogens is 1. The molecule has 4 N–H and O–H groups in total. The van der Waals surface area contributed by atoms with Crippen molar-refractivity contribution < 1.29 is 9.90 Å². The molecule has 27 heavy (non-hydrogen) atoms. The third kappa shape index (κ3) is 6.74. The fourth-order valence-corrected chi connectivity index (χ4v) is 3.33. The Morgan fingerprint density at radius 3 is 2.37 bits per heavy atom. The minimum Gasteiger partial charge on any atom is -0.508 e. The van der Waals surface area contributed by atoms with Gasteiger partial charge in [0, 0.05) is 30.2 Å². The van der Waals surface area contributed by atoms with E-state index in [1.54, 1.807) is 12.1 Å². The predicted molar refractivity (Wildman–Crippen MR) is 115 cm³/mol. The summed E-state index contributed by atoms with van der Waals surface area (Å²) in [6, 6.07) is 4.65. The zero-order valence-electron chi connectivity index (χ0n) is 16.5. The van der Waals surface area contributed by atoms with E-state index in [0.29, 0.717) is 6.42 Å². The van der Waals surface area contributed by atoms with Crippen LogP contribution in [0.15, 0.2) is 24.4 Å². The van der Waals surface area contributed by atoms with Crippen LogP contribution < -0.4 is 5.73 Å². The topological polar surface area (TPSA) is 82.3 Å². The second kappa shape index (κ2) is 11.9. The number of halogens is 1. The highest BCUT2D eigenvalue weighted by atomic mass is 35.5. The van der Waals surface area contributed by atoms with Gasteiger partial charge in [-0.05, 0) is 43.0 Å². The first-order chi connectivity index (χ1) is 12.6. The van der Waals surface area contributed by atoms with Gasteiger partial charge in [-0.25, -0.2) is 0 Å². The average molecular weight is 396 g/mol. The molecule has 1 aromatic heterocycles. The van der Waals surface area contributed by atoms with Crippen LogP contribution in [-0.2, 0) is 11.2 Å². The van der Waals surface area contributed by atoms with Crippen LogP contribution in [0.25, 0.3) is 10.9 Å².